The molecule has 5 heteroatoms. The van der Waals surface area contributed by atoms with Crippen LogP contribution in [0, 0.1) is 0 Å². The normalized spacial score (nSPS) is 12.2. The molecule has 0 fully saturated rings. The average Bonchev–Trinajstić information content (AvgIpc) is 2.95. The number of anilines is 1. The molecule has 0 aliphatic rings. The number of nitrogens with zero attached hydrogens (tertiary/aromatic N) is 1. The maximum Gasteiger partial charge on any atom is 0.295 e. The van der Waals surface area contributed by atoms with Crippen LogP contribution in [0.3, 0.4) is 0 Å². The zero-order valence-electron chi connectivity index (χ0n) is 11.4. The first-order valence-electron chi connectivity index (χ1n) is 6.76. The molecule has 5 nitrogen and oxygen atoms in total. The number of nitrogens with one attached hydrogen (secondary N) is 1. The lowest BCUT2D eigenvalue weighted by molar-refractivity contribution is 0.117. The molecule has 1 unspecified atom stereocenters. The fourth-order valence-electron chi connectivity index (χ4n) is 1.92. The maximum atomic E-state index is 9.89. The number of benzene rings is 2. The van der Waals surface area contributed by atoms with E-state index >= 15 is 0 Å². The molecular weight excluding hydrogens is 268 g/mol. The second kappa shape index (κ2) is 6.28. The van der Waals surface area contributed by atoms with Crippen molar-refractivity contribution < 1.29 is 14.3 Å². The Bertz CT molecular complexity index is 664. The number of fused-ring (bicyclic) bond motifs is 1. The van der Waals surface area contributed by atoms with Gasteiger partial charge in [0.05, 0.1) is 0 Å². The minimum Gasteiger partial charge on any atom is -0.491 e. The van der Waals surface area contributed by atoms with Gasteiger partial charge in [-0.1, -0.05) is 30.3 Å². The van der Waals surface area contributed by atoms with Crippen molar-refractivity contribution in [2.45, 2.75) is 6.10 Å². The zero-order valence-corrected chi connectivity index (χ0v) is 11.4. The molecule has 0 radical (unpaired) electrons. The third kappa shape index (κ3) is 3.52. The molecule has 0 bridgehead atoms. The van der Waals surface area contributed by atoms with E-state index in [0.29, 0.717) is 12.6 Å². The molecule has 108 valence electrons. The van der Waals surface area contributed by atoms with Crippen molar-refractivity contribution >= 4 is 17.1 Å². The van der Waals surface area contributed by atoms with Crippen LogP contribution < -0.4 is 10.1 Å². The Labute approximate surface area is 122 Å². The van der Waals surface area contributed by atoms with E-state index in [1.165, 1.54) is 0 Å². The summed E-state index contributed by atoms with van der Waals surface area (Å²) in [5.41, 5.74) is 1.50. The Hall–Kier alpha value is -2.53. The Morgan fingerprint density at radius 2 is 1.86 bits per heavy atom. The van der Waals surface area contributed by atoms with Crippen molar-refractivity contribution in [3.05, 3.63) is 54.6 Å². The van der Waals surface area contributed by atoms with Gasteiger partial charge in [-0.2, -0.15) is 4.98 Å². The van der Waals surface area contributed by atoms with E-state index in [4.69, 9.17) is 9.15 Å². The third-order valence-corrected chi connectivity index (χ3v) is 2.97. The summed E-state index contributed by atoms with van der Waals surface area (Å²) in [5.74, 6) is 0.735. The summed E-state index contributed by atoms with van der Waals surface area (Å²) in [5, 5.41) is 12.9. The Morgan fingerprint density at radius 1 is 1.10 bits per heavy atom. The van der Waals surface area contributed by atoms with Gasteiger partial charge in [-0.25, -0.2) is 0 Å². The molecule has 0 amide bonds. The van der Waals surface area contributed by atoms with Crippen molar-refractivity contribution in [1.29, 1.82) is 0 Å². The zero-order chi connectivity index (χ0) is 14.5. The SMILES string of the molecule is OC(CNc1nc2ccccc2o1)COc1ccccc1. The second-order valence-electron chi connectivity index (χ2n) is 4.65. The molecule has 2 N–H and O–H groups in total. The second-order valence-corrected chi connectivity index (χ2v) is 4.65. The van der Waals surface area contributed by atoms with Crippen LogP contribution >= 0.6 is 0 Å². The molecule has 3 aromatic rings. The maximum absolute atomic E-state index is 9.89. The quantitative estimate of drug-likeness (QED) is 0.728. The molecular formula is C16H16N2O3. The predicted molar refractivity (Wildman–Crippen MR) is 80.4 cm³/mol. The smallest absolute Gasteiger partial charge is 0.295 e. The number of hydrogen-bond donors (Lipinski definition) is 2. The highest BCUT2D eigenvalue weighted by atomic mass is 16.5. The molecule has 21 heavy (non-hydrogen) atoms. The van der Waals surface area contributed by atoms with E-state index in [9.17, 15) is 5.11 Å². The fraction of sp³-hybridized carbons (Fsp3) is 0.188. The van der Waals surface area contributed by atoms with Gasteiger partial charge < -0.3 is 19.6 Å². The Kier molecular flexibility index (Phi) is 4.02. The van der Waals surface area contributed by atoms with Crippen molar-refractivity contribution in [2.24, 2.45) is 0 Å². The van der Waals surface area contributed by atoms with Crippen LogP contribution in [0.5, 0.6) is 5.75 Å². The van der Waals surface area contributed by atoms with Gasteiger partial charge in [-0.15, -0.1) is 0 Å². The van der Waals surface area contributed by atoms with E-state index in [1.807, 2.05) is 54.6 Å². The van der Waals surface area contributed by atoms with E-state index < -0.39 is 6.10 Å². The summed E-state index contributed by atoms with van der Waals surface area (Å²) >= 11 is 0. The average molecular weight is 284 g/mol. The molecule has 3 rings (SSSR count). The number of aromatic nitrogens is 1. The van der Waals surface area contributed by atoms with Crippen molar-refractivity contribution in [3.63, 3.8) is 0 Å². The molecule has 0 aliphatic heterocycles. The summed E-state index contributed by atoms with van der Waals surface area (Å²) in [7, 11) is 0. The molecule has 0 spiro atoms. The summed E-state index contributed by atoms with van der Waals surface area (Å²) in [6.07, 6.45) is -0.653. The van der Waals surface area contributed by atoms with E-state index in [1.54, 1.807) is 0 Å². The van der Waals surface area contributed by atoms with Gasteiger partial charge in [0.25, 0.3) is 6.01 Å². The first-order chi connectivity index (χ1) is 10.3. The highest BCUT2D eigenvalue weighted by molar-refractivity contribution is 5.74. The first kappa shape index (κ1) is 13.5. The number of rotatable bonds is 6. The van der Waals surface area contributed by atoms with Gasteiger partial charge in [-0.3, -0.25) is 0 Å². The van der Waals surface area contributed by atoms with Crippen LogP contribution in [0.1, 0.15) is 0 Å². The van der Waals surface area contributed by atoms with Gasteiger partial charge in [0.15, 0.2) is 5.58 Å². The van der Waals surface area contributed by atoms with Gasteiger partial charge in [0.2, 0.25) is 0 Å². The van der Waals surface area contributed by atoms with E-state index in [0.717, 1.165) is 16.8 Å². The standard InChI is InChI=1S/C16H16N2O3/c19-12(11-20-13-6-2-1-3-7-13)10-17-16-18-14-8-4-5-9-15(14)21-16/h1-9,12,19H,10-11H2,(H,17,18). The number of oxazole rings is 1. The largest absolute Gasteiger partial charge is 0.491 e. The van der Waals surface area contributed by atoms with Gasteiger partial charge >= 0.3 is 0 Å². The number of aliphatic hydroxyl groups is 1. The van der Waals surface area contributed by atoms with Crippen molar-refractivity contribution in [2.75, 3.05) is 18.5 Å². The van der Waals surface area contributed by atoms with Crippen LogP contribution in [0.4, 0.5) is 6.01 Å². The van der Waals surface area contributed by atoms with Crippen LogP contribution in [0.15, 0.2) is 59.0 Å². The monoisotopic (exact) mass is 284 g/mol. The lowest BCUT2D eigenvalue weighted by Crippen LogP contribution is -2.26. The summed E-state index contributed by atoms with van der Waals surface area (Å²) < 4.78 is 11.0. The molecule has 0 saturated carbocycles. The van der Waals surface area contributed by atoms with Crippen LogP contribution in [0.25, 0.3) is 11.1 Å². The van der Waals surface area contributed by atoms with E-state index in [2.05, 4.69) is 10.3 Å². The molecule has 1 aromatic heterocycles. The van der Waals surface area contributed by atoms with Gasteiger partial charge in [-0.05, 0) is 24.3 Å². The van der Waals surface area contributed by atoms with Gasteiger partial charge in [0.1, 0.15) is 24.0 Å². The Morgan fingerprint density at radius 3 is 2.67 bits per heavy atom. The number of hydrogen-bond acceptors (Lipinski definition) is 5. The lowest BCUT2D eigenvalue weighted by Gasteiger charge is -2.12. The first-order valence-corrected chi connectivity index (χ1v) is 6.76. The summed E-state index contributed by atoms with van der Waals surface area (Å²) in [6, 6.07) is 17.3. The van der Waals surface area contributed by atoms with Crippen molar-refractivity contribution in [1.82, 2.24) is 4.98 Å². The number of para-hydroxylation sites is 3. The molecule has 1 heterocycles. The van der Waals surface area contributed by atoms with Crippen LogP contribution in [-0.2, 0) is 0 Å². The highest BCUT2D eigenvalue weighted by Gasteiger charge is 2.08. The summed E-state index contributed by atoms with van der Waals surface area (Å²) in [4.78, 5) is 4.27. The minimum atomic E-state index is -0.653. The van der Waals surface area contributed by atoms with Gasteiger partial charge in [0, 0.05) is 6.54 Å². The molecule has 0 aliphatic carbocycles. The molecule has 2 aromatic carbocycles. The number of ether oxygens (including phenoxy) is 1. The van der Waals surface area contributed by atoms with Crippen molar-refractivity contribution in [3.8, 4) is 5.75 Å². The topological polar surface area (TPSA) is 67.5 Å². The minimum absolute atomic E-state index is 0.206. The van der Waals surface area contributed by atoms with E-state index in [-0.39, 0.29) is 6.61 Å². The highest BCUT2D eigenvalue weighted by Crippen LogP contribution is 2.17. The summed E-state index contributed by atoms with van der Waals surface area (Å²) in [6.45, 7) is 0.511. The lowest BCUT2D eigenvalue weighted by atomic mass is 10.3. The van der Waals surface area contributed by atoms with Crippen LogP contribution in [-0.4, -0.2) is 29.3 Å². The molecule has 0 saturated heterocycles. The predicted octanol–water partition coefficient (Wildman–Crippen LogP) is 2.68. The fourth-order valence-corrected chi connectivity index (χ4v) is 1.92. The molecule has 1 atom stereocenters. The Balaban J connectivity index is 1.50. The third-order valence-electron chi connectivity index (χ3n) is 2.97. The number of aliphatic hydroxyl groups excluding tert-OH is 1. The van der Waals surface area contributed by atoms with Crippen LogP contribution in [0.2, 0.25) is 0 Å².